The number of nitrogens with one attached hydrogen (secondary N) is 1. The Balaban J connectivity index is 1.52. The van der Waals surface area contributed by atoms with Crippen molar-refractivity contribution in [2.75, 3.05) is 0 Å². The first-order valence-electron chi connectivity index (χ1n) is 9.47. The number of carbonyl (C=O) groups excluding carboxylic acids is 1. The van der Waals surface area contributed by atoms with Gasteiger partial charge in [0.25, 0.3) is 0 Å². The van der Waals surface area contributed by atoms with E-state index in [9.17, 15) is 4.79 Å². The third-order valence-corrected chi connectivity index (χ3v) is 5.18. The Morgan fingerprint density at radius 2 is 1.59 bits per heavy atom. The summed E-state index contributed by atoms with van der Waals surface area (Å²) in [6.45, 7) is 0.332. The SMILES string of the molecule is O=C(NCc1nnnn1C1CCCC1)C(c1ccccc1)c1ccccc1. The molecule has 6 heteroatoms. The number of aromatic nitrogens is 4. The molecule has 0 atom stereocenters. The first kappa shape index (κ1) is 17.4. The molecule has 6 nitrogen and oxygen atoms in total. The van der Waals surface area contributed by atoms with Gasteiger partial charge in [-0.15, -0.1) is 5.10 Å². The van der Waals surface area contributed by atoms with Crippen LogP contribution in [0.15, 0.2) is 60.7 Å². The standard InChI is InChI=1S/C21H23N5O/c27-21(22-15-19-23-24-25-26(19)18-13-7-8-14-18)20(16-9-3-1-4-10-16)17-11-5-2-6-12-17/h1-6,9-12,18,20H,7-8,13-15H2,(H,22,27). The number of tetrazole rings is 1. The molecule has 27 heavy (non-hydrogen) atoms. The Morgan fingerprint density at radius 3 is 2.19 bits per heavy atom. The van der Waals surface area contributed by atoms with E-state index in [0.717, 1.165) is 29.8 Å². The lowest BCUT2D eigenvalue weighted by molar-refractivity contribution is -0.121. The fourth-order valence-corrected chi connectivity index (χ4v) is 3.82. The zero-order valence-electron chi connectivity index (χ0n) is 15.2. The molecule has 1 heterocycles. The number of nitrogens with zero attached hydrogens (tertiary/aromatic N) is 4. The fraction of sp³-hybridized carbons (Fsp3) is 0.333. The first-order valence-corrected chi connectivity index (χ1v) is 9.47. The molecule has 2 aromatic carbocycles. The molecule has 1 saturated carbocycles. The average molecular weight is 361 g/mol. The van der Waals surface area contributed by atoms with Gasteiger partial charge in [0.05, 0.1) is 18.5 Å². The Kier molecular flexibility index (Phi) is 5.23. The molecule has 0 radical (unpaired) electrons. The summed E-state index contributed by atoms with van der Waals surface area (Å²) in [7, 11) is 0. The van der Waals surface area contributed by atoms with E-state index in [2.05, 4.69) is 20.8 Å². The maximum absolute atomic E-state index is 13.1. The van der Waals surface area contributed by atoms with Crippen LogP contribution >= 0.6 is 0 Å². The first-order chi connectivity index (χ1) is 13.3. The number of hydrogen-bond donors (Lipinski definition) is 1. The van der Waals surface area contributed by atoms with Crippen molar-refractivity contribution in [2.24, 2.45) is 0 Å². The summed E-state index contributed by atoms with van der Waals surface area (Å²) in [5.74, 6) is 0.312. The lowest BCUT2D eigenvalue weighted by atomic mass is 9.90. The van der Waals surface area contributed by atoms with E-state index < -0.39 is 0 Å². The Labute approximate surface area is 158 Å². The monoisotopic (exact) mass is 361 g/mol. The van der Waals surface area contributed by atoms with Gasteiger partial charge in [-0.25, -0.2) is 4.68 Å². The van der Waals surface area contributed by atoms with Crippen LogP contribution in [0.3, 0.4) is 0 Å². The third-order valence-electron chi connectivity index (χ3n) is 5.18. The molecule has 4 rings (SSSR count). The van der Waals surface area contributed by atoms with Crippen LogP contribution in [0.4, 0.5) is 0 Å². The second-order valence-electron chi connectivity index (χ2n) is 6.95. The van der Waals surface area contributed by atoms with Gasteiger partial charge in [0, 0.05) is 0 Å². The highest BCUT2D eigenvalue weighted by Gasteiger charge is 2.25. The number of benzene rings is 2. The van der Waals surface area contributed by atoms with Crippen LogP contribution in [0.5, 0.6) is 0 Å². The molecule has 1 aliphatic carbocycles. The topological polar surface area (TPSA) is 72.7 Å². The van der Waals surface area contributed by atoms with Crippen LogP contribution < -0.4 is 5.32 Å². The van der Waals surface area contributed by atoms with Gasteiger partial charge in [-0.2, -0.15) is 0 Å². The molecule has 0 aliphatic heterocycles. The van der Waals surface area contributed by atoms with Crippen molar-refractivity contribution in [3.8, 4) is 0 Å². The molecule has 0 saturated heterocycles. The van der Waals surface area contributed by atoms with Crippen LogP contribution in [0.25, 0.3) is 0 Å². The van der Waals surface area contributed by atoms with Gasteiger partial charge in [-0.3, -0.25) is 4.79 Å². The Morgan fingerprint density at radius 1 is 1.00 bits per heavy atom. The minimum Gasteiger partial charge on any atom is -0.348 e. The quantitative estimate of drug-likeness (QED) is 0.731. The van der Waals surface area contributed by atoms with Crippen LogP contribution in [-0.2, 0) is 11.3 Å². The molecule has 1 fully saturated rings. The van der Waals surface area contributed by atoms with E-state index in [1.165, 1.54) is 12.8 Å². The average Bonchev–Trinajstić information content (AvgIpc) is 3.40. The molecular formula is C21H23N5O. The fourth-order valence-electron chi connectivity index (χ4n) is 3.82. The van der Waals surface area contributed by atoms with Crippen molar-refractivity contribution in [3.05, 3.63) is 77.6 Å². The molecule has 0 bridgehead atoms. The zero-order chi connectivity index (χ0) is 18.5. The van der Waals surface area contributed by atoms with E-state index in [4.69, 9.17) is 0 Å². The summed E-state index contributed by atoms with van der Waals surface area (Å²) in [6, 6.07) is 20.0. The van der Waals surface area contributed by atoms with Crippen molar-refractivity contribution in [3.63, 3.8) is 0 Å². The van der Waals surface area contributed by atoms with Gasteiger partial charge in [0.2, 0.25) is 5.91 Å². The van der Waals surface area contributed by atoms with Gasteiger partial charge >= 0.3 is 0 Å². The van der Waals surface area contributed by atoms with Crippen molar-refractivity contribution in [2.45, 2.75) is 44.2 Å². The Hall–Kier alpha value is -3.02. The summed E-state index contributed by atoms with van der Waals surface area (Å²) in [6.07, 6.45) is 4.62. The second kappa shape index (κ2) is 8.12. The minimum absolute atomic E-state index is 0.0478. The maximum atomic E-state index is 13.1. The van der Waals surface area contributed by atoms with Gasteiger partial charge in [0.15, 0.2) is 5.82 Å². The highest BCUT2D eigenvalue weighted by Crippen LogP contribution is 2.29. The molecule has 1 N–H and O–H groups in total. The van der Waals surface area contributed by atoms with Crippen molar-refractivity contribution >= 4 is 5.91 Å². The molecule has 1 aliphatic rings. The number of hydrogen-bond acceptors (Lipinski definition) is 4. The lowest BCUT2D eigenvalue weighted by Crippen LogP contribution is -2.31. The smallest absolute Gasteiger partial charge is 0.232 e. The third kappa shape index (κ3) is 3.89. The van der Waals surface area contributed by atoms with Gasteiger partial charge in [-0.05, 0) is 34.4 Å². The minimum atomic E-state index is -0.358. The largest absolute Gasteiger partial charge is 0.348 e. The normalized spacial score (nSPS) is 14.6. The summed E-state index contributed by atoms with van der Waals surface area (Å²) < 4.78 is 1.88. The number of carbonyl (C=O) groups is 1. The van der Waals surface area contributed by atoms with Crippen LogP contribution in [0, 0.1) is 0 Å². The van der Waals surface area contributed by atoms with E-state index >= 15 is 0 Å². The van der Waals surface area contributed by atoms with Crippen molar-refractivity contribution in [1.82, 2.24) is 25.5 Å². The van der Waals surface area contributed by atoms with Crippen LogP contribution in [0.1, 0.15) is 54.6 Å². The van der Waals surface area contributed by atoms with E-state index in [-0.39, 0.29) is 11.8 Å². The molecule has 1 amide bonds. The van der Waals surface area contributed by atoms with Gasteiger partial charge < -0.3 is 5.32 Å². The summed E-state index contributed by atoms with van der Waals surface area (Å²) in [5.41, 5.74) is 1.94. The summed E-state index contributed by atoms with van der Waals surface area (Å²) in [5, 5.41) is 15.1. The summed E-state index contributed by atoms with van der Waals surface area (Å²) >= 11 is 0. The molecule has 0 spiro atoms. The van der Waals surface area contributed by atoms with Crippen molar-refractivity contribution < 1.29 is 4.79 Å². The number of amides is 1. The Bertz CT molecular complexity index is 832. The second-order valence-corrected chi connectivity index (χ2v) is 6.95. The van der Waals surface area contributed by atoms with E-state index in [0.29, 0.717) is 12.6 Å². The molecule has 138 valence electrons. The number of rotatable bonds is 6. The maximum Gasteiger partial charge on any atom is 0.232 e. The van der Waals surface area contributed by atoms with Crippen LogP contribution in [0.2, 0.25) is 0 Å². The van der Waals surface area contributed by atoms with Crippen molar-refractivity contribution in [1.29, 1.82) is 0 Å². The highest BCUT2D eigenvalue weighted by molar-refractivity contribution is 5.87. The zero-order valence-corrected chi connectivity index (χ0v) is 15.2. The van der Waals surface area contributed by atoms with Gasteiger partial charge in [0.1, 0.15) is 0 Å². The molecule has 0 unspecified atom stereocenters. The highest BCUT2D eigenvalue weighted by atomic mass is 16.1. The molecule has 1 aromatic heterocycles. The van der Waals surface area contributed by atoms with E-state index in [1.54, 1.807) is 0 Å². The van der Waals surface area contributed by atoms with E-state index in [1.807, 2.05) is 65.3 Å². The lowest BCUT2D eigenvalue weighted by Gasteiger charge is -2.18. The summed E-state index contributed by atoms with van der Waals surface area (Å²) in [4.78, 5) is 13.1. The van der Waals surface area contributed by atoms with Crippen LogP contribution in [-0.4, -0.2) is 26.1 Å². The molecule has 3 aromatic rings. The predicted molar refractivity (Wildman–Crippen MR) is 102 cm³/mol. The predicted octanol–water partition coefficient (Wildman–Crippen LogP) is 3.24. The molecular weight excluding hydrogens is 338 g/mol. The van der Waals surface area contributed by atoms with Gasteiger partial charge in [-0.1, -0.05) is 73.5 Å².